The summed E-state index contributed by atoms with van der Waals surface area (Å²) in [5.74, 6) is 0.282. The van der Waals surface area contributed by atoms with Crippen LogP contribution in [0.3, 0.4) is 0 Å². The summed E-state index contributed by atoms with van der Waals surface area (Å²) in [6.07, 6.45) is 3.39. The van der Waals surface area contributed by atoms with Crippen molar-refractivity contribution in [3.8, 4) is 0 Å². The van der Waals surface area contributed by atoms with E-state index < -0.39 is 11.7 Å². The van der Waals surface area contributed by atoms with Crippen LogP contribution in [-0.2, 0) is 11.0 Å². The number of hydrogen-bond donors (Lipinski definition) is 3. The molecule has 2 aliphatic rings. The monoisotopic (exact) mass is 318 g/mol. The third kappa shape index (κ3) is 2.54. The zero-order chi connectivity index (χ0) is 17.0. The van der Waals surface area contributed by atoms with Crippen molar-refractivity contribution in [3.05, 3.63) is 34.9 Å². The van der Waals surface area contributed by atoms with Gasteiger partial charge in [-0.1, -0.05) is 38.5 Å². The fourth-order valence-corrected chi connectivity index (χ4v) is 5.12. The molecule has 1 fully saturated rings. The lowest BCUT2D eigenvalue weighted by Gasteiger charge is -2.56. The highest BCUT2D eigenvalue weighted by Gasteiger charge is 2.53. The first-order valence-electron chi connectivity index (χ1n) is 8.78. The molecule has 1 saturated carbocycles. The standard InChI is InChI=1S/C20H30O3/c1-18(2,23)13-6-7-15-14(10-13)16(22)11-17-19(3,12-21)8-5-9-20(15,17)4/h6-7,10,16-17,21-23H,5,8-9,11-12H2,1-4H3/t16-,17+,19+,20-/m0/s1. The lowest BCUT2D eigenvalue weighted by Crippen LogP contribution is -2.51. The number of fused-ring (bicyclic) bond motifs is 3. The Morgan fingerprint density at radius 2 is 1.91 bits per heavy atom. The largest absolute Gasteiger partial charge is 0.396 e. The Hall–Kier alpha value is -0.900. The van der Waals surface area contributed by atoms with Crippen LogP contribution in [0.2, 0.25) is 0 Å². The van der Waals surface area contributed by atoms with E-state index in [1.165, 1.54) is 5.56 Å². The topological polar surface area (TPSA) is 60.7 Å². The smallest absolute Gasteiger partial charge is 0.0840 e. The van der Waals surface area contributed by atoms with Crippen LogP contribution in [0.25, 0.3) is 0 Å². The fraction of sp³-hybridized carbons (Fsp3) is 0.700. The van der Waals surface area contributed by atoms with Crippen molar-refractivity contribution in [3.63, 3.8) is 0 Å². The van der Waals surface area contributed by atoms with Gasteiger partial charge in [0.15, 0.2) is 0 Å². The Morgan fingerprint density at radius 1 is 1.22 bits per heavy atom. The van der Waals surface area contributed by atoms with Crippen LogP contribution in [0, 0.1) is 11.3 Å². The molecule has 0 heterocycles. The summed E-state index contributed by atoms with van der Waals surface area (Å²) < 4.78 is 0. The normalized spacial score (nSPS) is 37.2. The maximum atomic E-state index is 10.8. The Bertz CT molecular complexity index is 603. The van der Waals surface area contributed by atoms with Gasteiger partial charge in [0.05, 0.1) is 11.7 Å². The van der Waals surface area contributed by atoms with E-state index in [2.05, 4.69) is 19.9 Å². The second-order valence-electron chi connectivity index (χ2n) is 8.75. The summed E-state index contributed by atoms with van der Waals surface area (Å²) in [5, 5.41) is 31.0. The molecule has 0 bridgehead atoms. The van der Waals surface area contributed by atoms with Crippen LogP contribution in [0.1, 0.15) is 76.2 Å². The van der Waals surface area contributed by atoms with Crippen molar-refractivity contribution >= 4 is 0 Å². The molecule has 3 nitrogen and oxygen atoms in total. The van der Waals surface area contributed by atoms with Gasteiger partial charge in [-0.25, -0.2) is 0 Å². The molecule has 128 valence electrons. The van der Waals surface area contributed by atoms with Gasteiger partial charge in [0.1, 0.15) is 0 Å². The fourth-order valence-electron chi connectivity index (χ4n) is 5.12. The minimum atomic E-state index is -0.904. The molecule has 3 heteroatoms. The first-order valence-corrected chi connectivity index (χ1v) is 8.78. The predicted octanol–water partition coefficient (Wildman–Crippen LogP) is 3.41. The lowest BCUT2D eigenvalue weighted by atomic mass is 9.49. The van der Waals surface area contributed by atoms with E-state index in [9.17, 15) is 15.3 Å². The minimum absolute atomic E-state index is 0.0115. The number of aliphatic hydroxyl groups excluding tert-OH is 2. The third-order valence-corrected chi connectivity index (χ3v) is 6.61. The SMILES string of the molecule is CC(C)(O)c1ccc2c(c1)[C@@H](O)C[C@@H]1[C@@](C)(CO)CCC[C@@]21C. The highest BCUT2D eigenvalue weighted by molar-refractivity contribution is 5.43. The number of rotatable bonds is 2. The van der Waals surface area contributed by atoms with Crippen molar-refractivity contribution in [2.75, 3.05) is 6.61 Å². The minimum Gasteiger partial charge on any atom is -0.396 e. The summed E-state index contributed by atoms with van der Waals surface area (Å²) in [6.45, 7) is 8.18. The van der Waals surface area contributed by atoms with Crippen LogP contribution >= 0.6 is 0 Å². The molecule has 23 heavy (non-hydrogen) atoms. The zero-order valence-electron chi connectivity index (χ0n) is 14.8. The van der Waals surface area contributed by atoms with Gasteiger partial charge in [-0.2, -0.15) is 0 Å². The van der Waals surface area contributed by atoms with E-state index >= 15 is 0 Å². The average molecular weight is 318 g/mol. The molecule has 3 rings (SSSR count). The van der Waals surface area contributed by atoms with Crippen molar-refractivity contribution in [2.24, 2.45) is 11.3 Å². The van der Waals surface area contributed by atoms with Crippen molar-refractivity contribution in [1.29, 1.82) is 0 Å². The zero-order valence-corrected chi connectivity index (χ0v) is 14.8. The van der Waals surface area contributed by atoms with Gasteiger partial charge < -0.3 is 15.3 Å². The van der Waals surface area contributed by atoms with Crippen molar-refractivity contribution < 1.29 is 15.3 Å². The van der Waals surface area contributed by atoms with Crippen molar-refractivity contribution in [2.45, 2.75) is 70.5 Å². The molecular weight excluding hydrogens is 288 g/mol. The molecule has 3 N–H and O–H groups in total. The first kappa shape index (κ1) is 16.9. The maximum Gasteiger partial charge on any atom is 0.0840 e. The molecular formula is C20H30O3. The number of aliphatic hydroxyl groups is 3. The second-order valence-corrected chi connectivity index (χ2v) is 8.75. The average Bonchev–Trinajstić information content (AvgIpc) is 2.49. The van der Waals surface area contributed by atoms with Crippen LogP contribution in [0.15, 0.2) is 18.2 Å². The number of benzene rings is 1. The van der Waals surface area contributed by atoms with Gasteiger partial charge in [0, 0.05) is 6.61 Å². The van der Waals surface area contributed by atoms with E-state index in [-0.39, 0.29) is 23.4 Å². The molecule has 2 aliphatic carbocycles. The Kier molecular flexibility index (Phi) is 3.90. The Labute approximate surface area is 139 Å². The highest BCUT2D eigenvalue weighted by Crippen LogP contribution is 2.59. The molecule has 0 unspecified atom stereocenters. The van der Waals surface area contributed by atoms with E-state index in [0.717, 1.165) is 30.4 Å². The van der Waals surface area contributed by atoms with Gasteiger partial charge in [-0.05, 0) is 66.5 Å². The van der Waals surface area contributed by atoms with E-state index in [1.54, 1.807) is 13.8 Å². The van der Waals surface area contributed by atoms with Gasteiger partial charge in [-0.15, -0.1) is 0 Å². The molecule has 0 saturated heterocycles. The summed E-state index contributed by atoms with van der Waals surface area (Å²) in [5.41, 5.74) is 1.97. The van der Waals surface area contributed by atoms with Gasteiger partial charge in [0.2, 0.25) is 0 Å². The second kappa shape index (κ2) is 5.30. The summed E-state index contributed by atoms with van der Waals surface area (Å²) in [4.78, 5) is 0. The van der Waals surface area contributed by atoms with E-state index in [4.69, 9.17) is 0 Å². The quantitative estimate of drug-likeness (QED) is 0.783. The summed E-state index contributed by atoms with van der Waals surface area (Å²) in [6, 6.07) is 6.07. The maximum absolute atomic E-state index is 10.8. The Balaban J connectivity index is 2.12. The van der Waals surface area contributed by atoms with Gasteiger partial charge >= 0.3 is 0 Å². The molecule has 1 aromatic rings. The van der Waals surface area contributed by atoms with E-state index in [0.29, 0.717) is 6.42 Å². The molecule has 0 aliphatic heterocycles. The molecule has 0 spiro atoms. The third-order valence-electron chi connectivity index (χ3n) is 6.61. The summed E-state index contributed by atoms with van der Waals surface area (Å²) >= 11 is 0. The Morgan fingerprint density at radius 3 is 2.52 bits per heavy atom. The van der Waals surface area contributed by atoms with Crippen LogP contribution in [0.5, 0.6) is 0 Å². The first-order chi connectivity index (χ1) is 10.6. The van der Waals surface area contributed by atoms with Gasteiger partial charge in [0.25, 0.3) is 0 Å². The van der Waals surface area contributed by atoms with Crippen LogP contribution in [-0.4, -0.2) is 21.9 Å². The molecule has 1 aromatic carbocycles. The van der Waals surface area contributed by atoms with Crippen LogP contribution < -0.4 is 0 Å². The predicted molar refractivity (Wildman–Crippen MR) is 91.1 cm³/mol. The van der Waals surface area contributed by atoms with Crippen molar-refractivity contribution in [1.82, 2.24) is 0 Å². The molecule has 4 atom stereocenters. The number of hydrogen-bond acceptors (Lipinski definition) is 3. The molecule has 0 amide bonds. The highest BCUT2D eigenvalue weighted by atomic mass is 16.3. The van der Waals surface area contributed by atoms with Gasteiger partial charge in [-0.3, -0.25) is 0 Å². The summed E-state index contributed by atoms with van der Waals surface area (Å²) in [7, 11) is 0. The van der Waals surface area contributed by atoms with E-state index in [1.807, 2.05) is 12.1 Å². The van der Waals surface area contributed by atoms with Crippen LogP contribution in [0.4, 0.5) is 0 Å². The lowest BCUT2D eigenvalue weighted by molar-refractivity contribution is -0.0464. The molecule has 0 radical (unpaired) electrons. The molecule has 0 aromatic heterocycles.